The lowest BCUT2D eigenvalue weighted by Gasteiger charge is -2.22. The first kappa shape index (κ1) is 17.4. The fourth-order valence-corrected chi connectivity index (χ4v) is 2.62. The maximum atomic E-state index is 12.2. The maximum Gasteiger partial charge on any atom is 0.523 e. The standard InChI is InChI=1S/C10H13F3O8S/c1-9(2)18-3-4(20-9)6-5(14)7(8(15)19-6)21-22(16,17)10(11,12)13/h4-7,14H,3H2,1-2H3/t4-,5+,6-,7+/m1/s1. The van der Waals surface area contributed by atoms with E-state index in [9.17, 15) is 31.5 Å². The zero-order valence-electron chi connectivity index (χ0n) is 11.4. The van der Waals surface area contributed by atoms with Gasteiger partial charge in [-0.1, -0.05) is 0 Å². The highest BCUT2D eigenvalue weighted by Crippen LogP contribution is 2.33. The van der Waals surface area contributed by atoms with Crippen molar-refractivity contribution in [3.05, 3.63) is 0 Å². The number of hydrogen-bond acceptors (Lipinski definition) is 8. The molecule has 0 spiro atoms. The van der Waals surface area contributed by atoms with Gasteiger partial charge in [-0.05, 0) is 13.8 Å². The number of rotatable bonds is 3. The molecular formula is C10H13F3O8S. The molecule has 22 heavy (non-hydrogen) atoms. The Balaban J connectivity index is 2.12. The number of carbonyl (C=O) groups is 1. The molecule has 0 saturated carbocycles. The van der Waals surface area contributed by atoms with E-state index < -0.39 is 51.8 Å². The summed E-state index contributed by atoms with van der Waals surface area (Å²) < 4.78 is 77.5. The van der Waals surface area contributed by atoms with Crippen LogP contribution < -0.4 is 0 Å². The maximum absolute atomic E-state index is 12.2. The van der Waals surface area contributed by atoms with E-state index in [1.165, 1.54) is 13.8 Å². The first-order valence-electron chi connectivity index (χ1n) is 6.04. The Morgan fingerprint density at radius 3 is 2.41 bits per heavy atom. The number of halogens is 3. The van der Waals surface area contributed by atoms with E-state index in [4.69, 9.17) is 9.47 Å². The third kappa shape index (κ3) is 3.20. The van der Waals surface area contributed by atoms with Crippen LogP contribution in [-0.2, 0) is 33.3 Å². The quantitative estimate of drug-likeness (QED) is 0.418. The molecule has 1 N–H and O–H groups in total. The summed E-state index contributed by atoms with van der Waals surface area (Å²) in [5.74, 6) is -2.47. The fraction of sp³-hybridized carbons (Fsp3) is 0.900. The third-order valence-corrected chi connectivity index (χ3v) is 4.07. The molecule has 0 bridgehead atoms. The minimum Gasteiger partial charge on any atom is -0.455 e. The van der Waals surface area contributed by atoms with Gasteiger partial charge in [-0.2, -0.15) is 21.6 Å². The van der Waals surface area contributed by atoms with Gasteiger partial charge in [0, 0.05) is 0 Å². The molecule has 4 atom stereocenters. The van der Waals surface area contributed by atoms with Crippen LogP contribution in [0.25, 0.3) is 0 Å². The number of aliphatic hydroxyl groups is 1. The molecule has 128 valence electrons. The van der Waals surface area contributed by atoms with Gasteiger partial charge in [-0.15, -0.1) is 0 Å². The SMILES string of the molecule is CC1(C)OC[C@H]([C@H]2OC(=O)[C@@H](OS(=O)(=O)C(F)(F)F)[C@H]2O)O1. The van der Waals surface area contributed by atoms with Crippen molar-refractivity contribution in [1.82, 2.24) is 0 Å². The van der Waals surface area contributed by atoms with E-state index >= 15 is 0 Å². The first-order chi connectivity index (χ1) is 9.84. The van der Waals surface area contributed by atoms with Crippen molar-refractivity contribution in [2.24, 2.45) is 0 Å². The van der Waals surface area contributed by atoms with E-state index in [1.54, 1.807) is 0 Å². The van der Waals surface area contributed by atoms with Gasteiger partial charge in [0.1, 0.15) is 12.2 Å². The van der Waals surface area contributed by atoms with Crippen LogP contribution in [0.15, 0.2) is 0 Å². The van der Waals surface area contributed by atoms with Crippen LogP contribution in [0, 0.1) is 0 Å². The summed E-state index contributed by atoms with van der Waals surface area (Å²) in [6.45, 7) is 2.98. The largest absolute Gasteiger partial charge is 0.523 e. The van der Waals surface area contributed by atoms with Gasteiger partial charge in [0.2, 0.25) is 6.10 Å². The highest BCUT2D eigenvalue weighted by Gasteiger charge is 2.57. The summed E-state index contributed by atoms with van der Waals surface area (Å²) in [6.07, 6.45) is -6.63. The molecule has 0 aliphatic carbocycles. The van der Waals surface area contributed by atoms with Crippen LogP contribution in [0.5, 0.6) is 0 Å². The van der Waals surface area contributed by atoms with Crippen molar-refractivity contribution >= 4 is 16.1 Å². The van der Waals surface area contributed by atoms with Crippen molar-refractivity contribution in [3.63, 3.8) is 0 Å². The molecule has 2 aliphatic heterocycles. The summed E-state index contributed by atoms with van der Waals surface area (Å²) in [7, 11) is -6.05. The van der Waals surface area contributed by atoms with Crippen molar-refractivity contribution in [1.29, 1.82) is 0 Å². The Bertz CT molecular complexity index is 557. The molecule has 0 unspecified atom stereocenters. The molecule has 2 aliphatic rings. The average molecular weight is 350 g/mol. The average Bonchev–Trinajstić information content (AvgIpc) is 2.82. The number of aliphatic hydroxyl groups excluding tert-OH is 1. The first-order valence-corrected chi connectivity index (χ1v) is 7.45. The van der Waals surface area contributed by atoms with Crippen molar-refractivity contribution in [2.75, 3.05) is 6.61 Å². The topological polar surface area (TPSA) is 108 Å². The smallest absolute Gasteiger partial charge is 0.455 e. The van der Waals surface area contributed by atoms with Gasteiger partial charge in [-0.25, -0.2) is 8.98 Å². The third-order valence-electron chi connectivity index (χ3n) is 3.04. The number of ether oxygens (including phenoxy) is 3. The van der Waals surface area contributed by atoms with Gasteiger partial charge >= 0.3 is 21.6 Å². The van der Waals surface area contributed by atoms with Crippen LogP contribution >= 0.6 is 0 Å². The Kier molecular flexibility index (Phi) is 4.19. The van der Waals surface area contributed by atoms with Gasteiger partial charge in [0.05, 0.1) is 6.61 Å². The summed E-state index contributed by atoms with van der Waals surface area (Å²) in [4.78, 5) is 11.5. The highest BCUT2D eigenvalue weighted by molar-refractivity contribution is 7.87. The molecule has 0 aromatic rings. The van der Waals surface area contributed by atoms with Crippen LogP contribution in [0.2, 0.25) is 0 Å². The Morgan fingerprint density at radius 2 is 1.95 bits per heavy atom. The molecule has 8 nitrogen and oxygen atoms in total. The number of esters is 1. The second-order valence-electron chi connectivity index (χ2n) is 5.18. The second-order valence-corrected chi connectivity index (χ2v) is 6.74. The second kappa shape index (κ2) is 5.30. The van der Waals surface area contributed by atoms with Crippen LogP contribution in [-0.4, -0.2) is 61.8 Å². The van der Waals surface area contributed by atoms with Crippen LogP contribution in [0.4, 0.5) is 13.2 Å². The van der Waals surface area contributed by atoms with E-state index in [-0.39, 0.29) is 6.61 Å². The molecule has 0 amide bonds. The monoisotopic (exact) mass is 350 g/mol. The van der Waals surface area contributed by atoms with E-state index in [0.717, 1.165) is 0 Å². The van der Waals surface area contributed by atoms with Crippen molar-refractivity contribution in [2.45, 2.75) is 49.6 Å². The minimum atomic E-state index is -6.05. The van der Waals surface area contributed by atoms with Gasteiger partial charge in [0.25, 0.3) is 0 Å². The molecule has 0 aromatic heterocycles. The van der Waals surface area contributed by atoms with Crippen LogP contribution in [0.1, 0.15) is 13.8 Å². The number of carbonyl (C=O) groups excluding carboxylic acids is 1. The zero-order chi connectivity index (χ0) is 16.9. The lowest BCUT2D eigenvalue weighted by Crippen LogP contribution is -2.43. The molecule has 12 heteroatoms. The van der Waals surface area contributed by atoms with E-state index in [0.29, 0.717) is 0 Å². The zero-order valence-corrected chi connectivity index (χ0v) is 12.2. The summed E-state index contributed by atoms with van der Waals surface area (Å²) in [5, 5.41) is 9.84. The molecule has 2 fully saturated rings. The number of cyclic esters (lactones) is 1. The molecule has 2 saturated heterocycles. The predicted octanol–water partition coefficient (Wildman–Crippen LogP) is -0.341. The number of alkyl halides is 3. The molecule has 0 radical (unpaired) electrons. The lowest BCUT2D eigenvalue weighted by molar-refractivity contribution is -0.166. The Hall–Kier alpha value is -0.950. The van der Waals surface area contributed by atoms with E-state index in [1.807, 2.05) is 0 Å². The molecule has 2 heterocycles. The molecule has 2 rings (SSSR count). The van der Waals surface area contributed by atoms with Crippen molar-refractivity contribution in [3.8, 4) is 0 Å². The normalized spacial score (nSPS) is 35.6. The minimum absolute atomic E-state index is 0.0965. The van der Waals surface area contributed by atoms with Gasteiger partial charge < -0.3 is 19.3 Å². The summed E-state index contributed by atoms with van der Waals surface area (Å²) in [6, 6.07) is 0. The Morgan fingerprint density at radius 1 is 1.36 bits per heavy atom. The summed E-state index contributed by atoms with van der Waals surface area (Å²) in [5.41, 5.74) is -5.72. The van der Waals surface area contributed by atoms with Crippen LogP contribution in [0.3, 0.4) is 0 Å². The Labute approximate surface area is 123 Å². The van der Waals surface area contributed by atoms with Gasteiger partial charge in [0.15, 0.2) is 11.9 Å². The lowest BCUT2D eigenvalue weighted by atomic mass is 10.1. The molecular weight excluding hydrogens is 337 g/mol. The highest BCUT2D eigenvalue weighted by atomic mass is 32.2. The summed E-state index contributed by atoms with van der Waals surface area (Å²) >= 11 is 0. The van der Waals surface area contributed by atoms with E-state index in [2.05, 4.69) is 8.92 Å². The van der Waals surface area contributed by atoms with Crippen molar-refractivity contribution < 1.29 is 49.9 Å². The number of hydrogen-bond donors (Lipinski definition) is 1. The van der Waals surface area contributed by atoms with Gasteiger partial charge in [-0.3, -0.25) is 0 Å². The fourth-order valence-electron chi connectivity index (χ4n) is 2.04. The predicted molar refractivity (Wildman–Crippen MR) is 60.6 cm³/mol. The molecule has 0 aromatic carbocycles.